The van der Waals surface area contributed by atoms with E-state index in [1.165, 1.54) is 0 Å². The number of rotatable bonds is 2. The minimum absolute atomic E-state index is 0.143. The first-order valence-corrected chi connectivity index (χ1v) is 7.60. The Labute approximate surface area is 129 Å². The van der Waals surface area contributed by atoms with Gasteiger partial charge in [0, 0.05) is 12.7 Å². The zero-order chi connectivity index (χ0) is 16.0. The second kappa shape index (κ2) is 5.16. The second-order valence-corrected chi connectivity index (χ2v) is 6.23. The highest BCUT2D eigenvalue weighted by molar-refractivity contribution is 5.87. The Kier molecular flexibility index (Phi) is 3.43. The van der Waals surface area contributed by atoms with Crippen LogP contribution in [-0.2, 0) is 11.8 Å². The van der Waals surface area contributed by atoms with Crippen molar-refractivity contribution in [1.82, 2.24) is 14.5 Å². The number of carbonyl (C=O) groups excluding carboxylic acids is 1. The highest BCUT2D eigenvalue weighted by Crippen LogP contribution is 2.29. The lowest BCUT2D eigenvalue weighted by Crippen LogP contribution is -2.40. The molecule has 1 atom stereocenters. The third-order valence-corrected chi connectivity index (χ3v) is 4.39. The van der Waals surface area contributed by atoms with Gasteiger partial charge in [0.2, 0.25) is 5.91 Å². The van der Waals surface area contributed by atoms with E-state index in [-0.39, 0.29) is 11.6 Å². The first-order chi connectivity index (χ1) is 10.4. The van der Waals surface area contributed by atoms with Gasteiger partial charge >= 0.3 is 5.69 Å². The number of piperidine rings is 1. The Morgan fingerprint density at radius 1 is 1.32 bits per heavy atom. The van der Waals surface area contributed by atoms with Crippen molar-refractivity contribution < 1.29 is 4.79 Å². The molecule has 1 fully saturated rings. The molecule has 1 amide bonds. The predicted octanol–water partition coefficient (Wildman–Crippen LogP) is 2.43. The van der Waals surface area contributed by atoms with Gasteiger partial charge in [0.1, 0.15) is 6.04 Å². The minimum atomic E-state index is -0.468. The summed E-state index contributed by atoms with van der Waals surface area (Å²) in [6, 6.07) is 5.44. The summed E-state index contributed by atoms with van der Waals surface area (Å²) in [5.41, 5.74) is 3.44. The molecule has 0 aliphatic carbocycles. The molecule has 1 aromatic carbocycles. The number of imidazole rings is 1. The fraction of sp³-hybridized carbons (Fsp3) is 0.412. The number of benzene rings is 1. The largest absolute Gasteiger partial charge is 0.329 e. The molecule has 3 rings (SSSR count). The Balaban J connectivity index is 2.25. The molecule has 0 radical (unpaired) electrons. The average Bonchev–Trinajstić information content (AvgIpc) is 2.72. The van der Waals surface area contributed by atoms with Gasteiger partial charge in [-0.2, -0.15) is 0 Å². The third kappa shape index (κ3) is 2.08. The van der Waals surface area contributed by atoms with Gasteiger partial charge < -0.3 is 5.32 Å². The summed E-state index contributed by atoms with van der Waals surface area (Å²) in [6.45, 7) is 8.01. The first kappa shape index (κ1) is 14.6. The van der Waals surface area contributed by atoms with Gasteiger partial charge in [-0.3, -0.25) is 13.9 Å². The van der Waals surface area contributed by atoms with Crippen LogP contribution in [0.2, 0.25) is 0 Å². The van der Waals surface area contributed by atoms with Crippen molar-refractivity contribution in [2.45, 2.75) is 38.6 Å². The van der Waals surface area contributed by atoms with Crippen LogP contribution in [0.15, 0.2) is 35.3 Å². The SMILES string of the molecule is C=C1CCC(n2c(=O)n(C)c3c(C(C)C)cccc32)C(=O)N1. The Bertz CT molecular complexity index is 826. The van der Waals surface area contributed by atoms with E-state index in [0.717, 1.165) is 22.3 Å². The maximum Gasteiger partial charge on any atom is 0.329 e. The fourth-order valence-electron chi connectivity index (χ4n) is 3.24. The molecule has 0 spiro atoms. The maximum absolute atomic E-state index is 12.7. The van der Waals surface area contributed by atoms with Crippen LogP contribution >= 0.6 is 0 Å². The highest BCUT2D eigenvalue weighted by atomic mass is 16.2. The van der Waals surface area contributed by atoms with Gasteiger partial charge in [0.15, 0.2) is 0 Å². The molecule has 5 nitrogen and oxygen atoms in total. The molecule has 1 unspecified atom stereocenters. The molecule has 1 saturated heterocycles. The maximum atomic E-state index is 12.7. The van der Waals surface area contributed by atoms with Gasteiger partial charge in [0.25, 0.3) is 0 Å². The van der Waals surface area contributed by atoms with Crippen LogP contribution in [0.25, 0.3) is 11.0 Å². The van der Waals surface area contributed by atoms with E-state index < -0.39 is 6.04 Å². The number of nitrogens with zero attached hydrogens (tertiary/aromatic N) is 2. The smallest absolute Gasteiger partial charge is 0.329 e. The number of amides is 1. The molecule has 0 bridgehead atoms. The van der Waals surface area contributed by atoms with Crippen LogP contribution in [0, 0.1) is 0 Å². The molecule has 5 heteroatoms. The number of nitrogens with one attached hydrogen (secondary N) is 1. The van der Waals surface area contributed by atoms with E-state index in [1.807, 2.05) is 18.2 Å². The number of fused-ring (bicyclic) bond motifs is 1. The van der Waals surface area contributed by atoms with Crippen LogP contribution in [0.5, 0.6) is 0 Å². The molecule has 22 heavy (non-hydrogen) atoms. The van der Waals surface area contributed by atoms with E-state index in [1.54, 1.807) is 16.2 Å². The van der Waals surface area contributed by atoms with Gasteiger partial charge in [-0.15, -0.1) is 0 Å². The molecule has 116 valence electrons. The van der Waals surface area contributed by atoms with E-state index >= 15 is 0 Å². The average molecular weight is 299 g/mol. The van der Waals surface area contributed by atoms with E-state index in [0.29, 0.717) is 18.8 Å². The number of hydrogen-bond donors (Lipinski definition) is 1. The molecule has 0 saturated carbocycles. The van der Waals surface area contributed by atoms with Crippen molar-refractivity contribution in [1.29, 1.82) is 0 Å². The van der Waals surface area contributed by atoms with Crippen molar-refractivity contribution in [3.8, 4) is 0 Å². The van der Waals surface area contributed by atoms with Crippen LogP contribution in [0.4, 0.5) is 0 Å². The zero-order valence-corrected chi connectivity index (χ0v) is 13.2. The normalized spacial score (nSPS) is 19.0. The van der Waals surface area contributed by atoms with Crippen molar-refractivity contribution in [3.63, 3.8) is 0 Å². The Morgan fingerprint density at radius 3 is 2.68 bits per heavy atom. The monoisotopic (exact) mass is 299 g/mol. The minimum Gasteiger partial charge on any atom is -0.329 e. The lowest BCUT2D eigenvalue weighted by atomic mass is 10.0. The number of allylic oxidation sites excluding steroid dienone is 1. The van der Waals surface area contributed by atoms with Crippen LogP contribution in [-0.4, -0.2) is 15.0 Å². The molecule has 1 aliphatic heterocycles. The van der Waals surface area contributed by atoms with Crippen LogP contribution in [0.1, 0.15) is 44.2 Å². The quantitative estimate of drug-likeness (QED) is 0.926. The summed E-state index contributed by atoms with van der Waals surface area (Å²) in [5.74, 6) is 0.158. The van der Waals surface area contributed by atoms with Gasteiger partial charge in [-0.1, -0.05) is 32.6 Å². The summed E-state index contributed by atoms with van der Waals surface area (Å²) in [5, 5.41) is 2.76. The Morgan fingerprint density at radius 2 is 2.05 bits per heavy atom. The summed E-state index contributed by atoms with van der Waals surface area (Å²) in [6.07, 6.45) is 1.30. The second-order valence-electron chi connectivity index (χ2n) is 6.23. The lowest BCUT2D eigenvalue weighted by Gasteiger charge is -2.24. The van der Waals surface area contributed by atoms with Crippen molar-refractivity contribution in [3.05, 3.63) is 46.5 Å². The van der Waals surface area contributed by atoms with Crippen molar-refractivity contribution in [2.75, 3.05) is 0 Å². The van der Waals surface area contributed by atoms with Crippen LogP contribution < -0.4 is 11.0 Å². The standard InChI is InChI=1S/C17H21N3O2/c1-10(2)12-6-5-7-13-15(12)19(4)17(22)20(13)14-9-8-11(3)18-16(14)21/h5-7,10,14H,3,8-9H2,1-2,4H3,(H,18,21). The van der Waals surface area contributed by atoms with E-state index in [2.05, 4.69) is 25.7 Å². The Hall–Kier alpha value is -2.30. The number of para-hydroxylation sites is 1. The molecule has 1 aliphatic rings. The molecular weight excluding hydrogens is 278 g/mol. The van der Waals surface area contributed by atoms with Gasteiger partial charge in [-0.05, 0) is 30.4 Å². The highest BCUT2D eigenvalue weighted by Gasteiger charge is 2.29. The van der Waals surface area contributed by atoms with Crippen molar-refractivity contribution >= 4 is 16.9 Å². The molecule has 2 aromatic rings. The number of hydrogen-bond acceptors (Lipinski definition) is 2. The fourth-order valence-corrected chi connectivity index (χ4v) is 3.24. The summed E-state index contributed by atoms with van der Waals surface area (Å²) in [7, 11) is 1.77. The van der Waals surface area contributed by atoms with Gasteiger partial charge in [-0.25, -0.2) is 4.79 Å². The lowest BCUT2D eigenvalue weighted by molar-refractivity contribution is -0.124. The molecule has 1 aromatic heterocycles. The van der Waals surface area contributed by atoms with E-state index in [4.69, 9.17) is 0 Å². The summed E-state index contributed by atoms with van der Waals surface area (Å²) in [4.78, 5) is 25.0. The van der Waals surface area contributed by atoms with Gasteiger partial charge in [0.05, 0.1) is 11.0 Å². The van der Waals surface area contributed by atoms with E-state index in [9.17, 15) is 9.59 Å². The predicted molar refractivity (Wildman–Crippen MR) is 86.8 cm³/mol. The third-order valence-electron chi connectivity index (χ3n) is 4.39. The number of carbonyl (C=O) groups is 1. The first-order valence-electron chi connectivity index (χ1n) is 7.60. The topological polar surface area (TPSA) is 56.0 Å². The van der Waals surface area contributed by atoms with Crippen molar-refractivity contribution in [2.24, 2.45) is 7.05 Å². The molecular formula is C17H21N3O2. The molecule has 1 N–H and O–H groups in total. The number of aromatic nitrogens is 2. The number of aryl methyl sites for hydroxylation is 1. The molecule has 2 heterocycles. The summed E-state index contributed by atoms with van der Waals surface area (Å²) < 4.78 is 3.28. The summed E-state index contributed by atoms with van der Waals surface area (Å²) >= 11 is 0. The zero-order valence-electron chi connectivity index (χ0n) is 13.2. The van der Waals surface area contributed by atoms with Crippen LogP contribution in [0.3, 0.4) is 0 Å².